The highest BCUT2D eigenvalue weighted by molar-refractivity contribution is 8.00. The van der Waals surface area contributed by atoms with Crippen LogP contribution < -0.4 is 5.32 Å². The van der Waals surface area contributed by atoms with Gasteiger partial charge in [0.15, 0.2) is 0 Å². The summed E-state index contributed by atoms with van der Waals surface area (Å²) in [6, 6.07) is 0. The Hall–Kier alpha value is -0.850. The number of hydrogen-bond acceptors (Lipinski definition) is 6. The van der Waals surface area contributed by atoms with Gasteiger partial charge in [-0.2, -0.15) is 11.8 Å². The third-order valence-corrected chi connectivity index (χ3v) is 7.73. The maximum Gasteiger partial charge on any atom is 0.138 e. The molecule has 2 unspecified atom stereocenters. The van der Waals surface area contributed by atoms with Crippen LogP contribution in [0.25, 0.3) is 10.2 Å². The minimum Gasteiger partial charge on any atom is -0.387 e. The number of rotatable bonds is 5. The van der Waals surface area contributed by atoms with Gasteiger partial charge in [0, 0.05) is 16.7 Å². The predicted octanol–water partition coefficient (Wildman–Crippen LogP) is 3.63. The van der Waals surface area contributed by atoms with E-state index in [4.69, 9.17) is 0 Å². The maximum absolute atomic E-state index is 10.8. The van der Waals surface area contributed by atoms with Gasteiger partial charge in [-0.15, -0.1) is 11.3 Å². The number of thiophene rings is 1. The van der Waals surface area contributed by atoms with Crippen LogP contribution in [0.4, 0.5) is 5.82 Å². The molecule has 2 aliphatic rings. The predicted molar refractivity (Wildman–Crippen MR) is 98.7 cm³/mol. The summed E-state index contributed by atoms with van der Waals surface area (Å²) in [4.78, 5) is 11.5. The van der Waals surface area contributed by atoms with Gasteiger partial charge < -0.3 is 10.4 Å². The van der Waals surface area contributed by atoms with Gasteiger partial charge in [-0.05, 0) is 49.8 Å². The van der Waals surface area contributed by atoms with Crippen LogP contribution in [0.1, 0.15) is 43.0 Å². The monoisotopic (exact) mass is 349 g/mol. The smallest absolute Gasteiger partial charge is 0.138 e. The number of nitrogens with one attached hydrogen (secondary N) is 1. The summed E-state index contributed by atoms with van der Waals surface area (Å²) in [5.74, 6) is 1.97. The summed E-state index contributed by atoms with van der Waals surface area (Å²) in [6.07, 6.45) is 8.50. The fourth-order valence-electron chi connectivity index (χ4n) is 3.70. The quantitative estimate of drug-likeness (QED) is 0.863. The summed E-state index contributed by atoms with van der Waals surface area (Å²) >= 11 is 3.69. The molecule has 2 aliphatic carbocycles. The van der Waals surface area contributed by atoms with E-state index in [0.29, 0.717) is 11.8 Å². The number of nitrogens with zero attached hydrogens (tertiary/aromatic N) is 2. The van der Waals surface area contributed by atoms with Crippen molar-refractivity contribution in [1.82, 2.24) is 9.97 Å². The molecular formula is C17H23N3OS2. The van der Waals surface area contributed by atoms with Gasteiger partial charge in [0.2, 0.25) is 0 Å². The van der Waals surface area contributed by atoms with Gasteiger partial charge in [-0.3, -0.25) is 0 Å². The molecule has 2 N–H and O–H groups in total. The molecule has 0 aromatic carbocycles. The highest BCUT2D eigenvalue weighted by atomic mass is 32.2. The molecule has 1 fully saturated rings. The van der Waals surface area contributed by atoms with Gasteiger partial charge in [0.1, 0.15) is 17.0 Å². The standard InChI is InChI=1S/C17H23N3OS2/c1-2-22-13-7-8-17(13,21)9-18-15-14-11-5-3-4-6-12(11)23-16(14)20-10-19-15/h10,13,21H,2-9H2,1H3,(H,18,19,20). The Morgan fingerprint density at radius 3 is 3.04 bits per heavy atom. The van der Waals surface area contributed by atoms with Crippen molar-refractivity contribution >= 4 is 39.1 Å². The van der Waals surface area contributed by atoms with E-state index >= 15 is 0 Å². The van der Waals surface area contributed by atoms with Crippen molar-refractivity contribution in [3.63, 3.8) is 0 Å². The lowest BCUT2D eigenvalue weighted by Gasteiger charge is -2.45. The molecule has 2 aromatic rings. The number of aryl methyl sites for hydroxylation is 2. The van der Waals surface area contributed by atoms with Crippen molar-refractivity contribution < 1.29 is 5.11 Å². The Bertz CT molecular complexity index is 717. The highest BCUT2D eigenvalue weighted by Crippen LogP contribution is 2.42. The number of anilines is 1. The topological polar surface area (TPSA) is 58.0 Å². The summed E-state index contributed by atoms with van der Waals surface area (Å²) < 4.78 is 0. The van der Waals surface area contributed by atoms with Crippen LogP contribution in [0.3, 0.4) is 0 Å². The first-order valence-corrected chi connectivity index (χ1v) is 10.4. The van der Waals surface area contributed by atoms with Crippen LogP contribution in [0.2, 0.25) is 0 Å². The van der Waals surface area contributed by atoms with E-state index in [-0.39, 0.29) is 0 Å². The molecule has 4 rings (SSSR count). The Labute approximate surface area is 145 Å². The number of aromatic nitrogens is 2. The van der Waals surface area contributed by atoms with Crippen LogP contribution in [0.5, 0.6) is 0 Å². The van der Waals surface area contributed by atoms with Crippen molar-refractivity contribution in [2.45, 2.75) is 56.3 Å². The summed E-state index contributed by atoms with van der Waals surface area (Å²) in [7, 11) is 0. The van der Waals surface area contributed by atoms with Crippen LogP contribution in [0.15, 0.2) is 6.33 Å². The summed E-state index contributed by atoms with van der Waals surface area (Å²) in [5.41, 5.74) is 0.855. The fraction of sp³-hybridized carbons (Fsp3) is 0.647. The molecule has 2 heterocycles. The van der Waals surface area contributed by atoms with Crippen molar-refractivity contribution in [2.24, 2.45) is 0 Å². The van der Waals surface area contributed by atoms with Crippen molar-refractivity contribution in [2.75, 3.05) is 17.6 Å². The molecule has 23 heavy (non-hydrogen) atoms. The molecule has 1 saturated carbocycles. The van der Waals surface area contributed by atoms with E-state index in [0.717, 1.165) is 35.7 Å². The summed E-state index contributed by atoms with van der Waals surface area (Å²) in [5, 5.41) is 15.8. The molecule has 2 aromatic heterocycles. The van der Waals surface area contributed by atoms with Crippen LogP contribution >= 0.6 is 23.1 Å². The van der Waals surface area contributed by atoms with E-state index < -0.39 is 5.60 Å². The van der Waals surface area contributed by atoms with Crippen molar-refractivity contribution in [1.29, 1.82) is 0 Å². The SMILES string of the molecule is CCSC1CCC1(O)CNc1ncnc2sc3c(c12)CCCC3. The second kappa shape index (κ2) is 6.22. The normalized spacial score (nSPS) is 26.8. The zero-order valence-electron chi connectivity index (χ0n) is 13.5. The number of fused-ring (bicyclic) bond motifs is 3. The Morgan fingerprint density at radius 1 is 1.39 bits per heavy atom. The third kappa shape index (κ3) is 2.75. The van der Waals surface area contributed by atoms with E-state index in [1.54, 1.807) is 6.33 Å². The second-order valence-electron chi connectivity index (χ2n) is 6.55. The molecule has 4 nitrogen and oxygen atoms in total. The van der Waals surface area contributed by atoms with E-state index in [2.05, 4.69) is 22.2 Å². The van der Waals surface area contributed by atoms with Crippen LogP contribution in [-0.2, 0) is 12.8 Å². The largest absolute Gasteiger partial charge is 0.387 e. The zero-order valence-corrected chi connectivity index (χ0v) is 15.1. The Morgan fingerprint density at radius 2 is 2.26 bits per heavy atom. The van der Waals surface area contributed by atoms with E-state index in [1.165, 1.54) is 35.1 Å². The van der Waals surface area contributed by atoms with Gasteiger partial charge in [-0.25, -0.2) is 9.97 Å². The minimum absolute atomic E-state index is 0.355. The minimum atomic E-state index is -0.589. The van der Waals surface area contributed by atoms with Crippen molar-refractivity contribution in [3.05, 3.63) is 16.8 Å². The lowest BCUT2D eigenvalue weighted by atomic mass is 9.79. The maximum atomic E-state index is 10.8. The second-order valence-corrected chi connectivity index (χ2v) is 9.12. The molecule has 6 heteroatoms. The summed E-state index contributed by atoms with van der Waals surface area (Å²) in [6.45, 7) is 2.74. The Kier molecular flexibility index (Phi) is 4.24. The van der Waals surface area contributed by atoms with Crippen LogP contribution in [-0.4, -0.2) is 38.2 Å². The van der Waals surface area contributed by atoms with Gasteiger partial charge in [-0.1, -0.05) is 6.92 Å². The van der Waals surface area contributed by atoms with Gasteiger partial charge in [0.05, 0.1) is 11.0 Å². The molecule has 0 aliphatic heterocycles. The van der Waals surface area contributed by atoms with Crippen LogP contribution in [0, 0.1) is 0 Å². The number of thioether (sulfide) groups is 1. The first-order chi connectivity index (χ1) is 11.2. The van der Waals surface area contributed by atoms with Gasteiger partial charge in [0.25, 0.3) is 0 Å². The molecule has 124 valence electrons. The first kappa shape index (κ1) is 15.7. The molecule has 0 spiro atoms. The first-order valence-electron chi connectivity index (χ1n) is 8.54. The van der Waals surface area contributed by atoms with E-state index in [9.17, 15) is 5.11 Å². The molecule has 0 radical (unpaired) electrons. The fourth-order valence-corrected chi connectivity index (χ4v) is 6.13. The molecule has 0 saturated heterocycles. The zero-order chi connectivity index (χ0) is 15.9. The molecule has 0 bridgehead atoms. The van der Waals surface area contributed by atoms with Gasteiger partial charge >= 0.3 is 0 Å². The van der Waals surface area contributed by atoms with E-state index in [1.807, 2.05) is 23.1 Å². The molecule has 0 amide bonds. The average molecular weight is 350 g/mol. The lowest BCUT2D eigenvalue weighted by Crippen LogP contribution is -2.54. The third-order valence-electron chi connectivity index (χ3n) is 5.12. The number of hydrogen-bond donors (Lipinski definition) is 2. The molecular weight excluding hydrogens is 326 g/mol. The number of aliphatic hydroxyl groups is 1. The molecule has 2 atom stereocenters. The van der Waals surface area contributed by atoms with Crippen molar-refractivity contribution in [3.8, 4) is 0 Å². The average Bonchev–Trinajstić information content (AvgIpc) is 2.95. The lowest BCUT2D eigenvalue weighted by molar-refractivity contribution is -0.0120. The Balaban J connectivity index is 1.58. The highest BCUT2D eigenvalue weighted by Gasteiger charge is 2.45.